The number of thioether (sulfide) groups is 1. The van der Waals surface area contributed by atoms with Crippen molar-refractivity contribution < 1.29 is 19.1 Å². The van der Waals surface area contributed by atoms with Crippen LogP contribution >= 0.6 is 11.8 Å². The Labute approximate surface area is 193 Å². The van der Waals surface area contributed by atoms with Crippen molar-refractivity contribution in [1.82, 2.24) is 4.98 Å². The van der Waals surface area contributed by atoms with Gasteiger partial charge in [-0.15, -0.1) is 0 Å². The van der Waals surface area contributed by atoms with Gasteiger partial charge in [0.15, 0.2) is 0 Å². The summed E-state index contributed by atoms with van der Waals surface area (Å²) in [5.74, 6) is 0.507. The summed E-state index contributed by atoms with van der Waals surface area (Å²) >= 11 is 1.62. The molecule has 0 bridgehead atoms. The fourth-order valence-electron chi connectivity index (χ4n) is 2.86. The number of benzene rings is 1. The second kappa shape index (κ2) is 8.90. The SMILES string of the molecule is CN(C(=O)OC(C)(C)C)c1ccc(C2Nc3ccc(NC(=O)OC(C)(C)C)cc3S2)cn1. The van der Waals surface area contributed by atoms with E-state index in [0.717, 1.165) is 16.1 Å². The van der Waals surface area contributed by atoms with E-state index in [1.807, 2.05) is 65.8 Å². The van der Waals surface area contributed by atoms with Crippen LogP contribution in [0.2, 0.25) is 0 Å². The van der Waals surface area contributed by atoms with Crippen molar-refractivity contribution in [2.75, 3.05) is 22.6 Å². The Morgan fingerprint density at radius 1 is 1.06 bits per heavy atom. The predicted molar refractivity (Wildman–Crippen MR) is 127 cm³/mol. The third kappa shape index (κ3) is 6.29. The van der Waals surface area contributed by atoms with Gasteiger partial charge in [0, 0.05) is 35.1 Å². The maximum atomic E-state index is 12.2. The lowest BCUT2D eigenvalue weighted by molar-refractivity contribution is 0.0586. The molecule has 2 N–H and O–H groups in total. The third-order valence-electron chi connectivity index (χ3n) is 4.24. The second-order valence-corrected chi connectivity index (χ2v) is 10.6. The smallest absolute Gasteiger partial charge is 0.415 e. The number of ether oxygens (including phenoxy) is 2. The Balaban J connectivity index is 1.64. The number of fused-ring (bicyclic) bond motifs is 1. The number of carbonyl (C=O) groups excluding carboxylic acids is 2. The maximum Gasteiger partial charge on any atom is 0.415 e. The molecule has 172 valence electrons. The zero-order valence-electron chi connectivity index (χ0n) is 19.5. The normalized spacial score (nSPS) is 15.4. The molecule has 0 spiro atoms. The number of rotatable bonds is 3. The molecule has 32 heavy (non-hydrogen) atoms. The van der Waals surface area contributed by atoms with E-state index in [2.05, 4.69) is 15.6 Å². The molecule has 1 atom stereocenters. The van der Waals surface area contributed by atoms with Crippen LogP contribution in [-0.2, 0) is 9.47 Å². The van der Waals surface area contributed by atoms with E-state index < -0.39 is 23.4 Å². The summed E-state index contributed by atoms with van der Waals surface area (Å²) in [6, 6.07) is 9.39. The minimum absolute atomic E-state index is 0.0323. The molecule has 2 amide bonds. The Hall–Kier alpha value is -2.94. The topological polar surface area (TPSA) is 92.8 Å². The van der Waals surface area contributed by atoms with Crippen molar-refractivity contribution >= 4 is 41.1 Å². The highest BCUT2D eigenvalue weighted by molar-refractivity contribution is 8.00. The van der Waals surface area contributed by atoms with Gasteiger partial charge in [-0.1, -0.05) is 17.8 Å². The van der Waals surface area contributed by atoms with E-state index in [1.165, 1.54) is 4.90 Å². The summed E-state index contributed by atoms with van der Waals surface area (Å²) in [7, 11) is 1.63. The molecule has 1 aliphatic rings. The van der Waals surface area contributed by atoms with E-state index in [9.17, 15) is 9.59 Å². The number of carbonyl (C=O) groups is 2. The van der Waals surface area contributed by atoms with E-state index in [1.54, 1.807) is 31.1 Å². The minimum atomic E-state index is -0.571. The average Bonchev–Trinajstić information content (AvgIpc) is 3.08. The van der Waals surface area contributed by atoms with Crippen LogP contribution in [0, 0.1) is 0 Å². The van der Waals surface area contributed by atoms with Crippen LogP contribution in [0.4, 0.5) is 26.8 Å². The first-order valence-corrected chi connectivity index (χ1v) is 11.2. The minimum Gasteiger partial charge on any atom is -0.444 e. The van der Waals surface area contributed by atoms with Crippen molar-refractivity contribution in [2.24, 2.45) is 0 Å². The zero-order chi connectivity index (χ0) is 23.7. The average molecular weight is 459 g/mol. The lowest BCUT2D eigenvalue weighted by atomic mass is 10.2. The van der Waals surface area contributed by atoms with Gasteiger partial charge in [0.05, 0.1) is 0 Å². The Morgan fingerprint density at radius 3 is 2.34 bits per heavy atom. The van der Waals surface area contributed by atoms with E-state index in [0.29, 0.717) is 11.5 Å². The predicted octanol–water partition coefficient (Wildman–Crippen LogP) is 6.02. The lowest BCUT2D eigenvalue weighted by Crippen LogP contribution is -2.34. The van der Waals surface area contributed by atoms with E-state index >= 15 is 0 Å². The van der Waals surface area contributed by atoms with Crippen molar-refractivity contribution in [3.05, 3.63) is 42.1 Å². The van der Waals surface area contributed by atoms with E-state index in [-0.39, 0.29) is 5.37 Å². The standard InChI is InChI=1S/C23H30N4O4S/c1-22(2,3)30-20(28)25-15-9-10-16-17(12-15)32-19(26-16)14-8-11-18(24-13-14)27(7)21(29)31-23(4,5)6/h8-13,19,26H,1-7H3,(H,25,28). The van der Waals surface area contributed by atoms with Crippen LogP contribution in [0.25, 0.3) is 0 Å². The van der Waals surface area contributed by atoms with Gasteiger partial charge in [0.2, 0.25) is 0 Å². The van der Waals surface area contributed by atoms with Crippen LogP contribution < -0.4 is 15.5 Å². The molecule has 8 nitrogen and oxygen atoms in total. The van der Waals surface area contributed by atoms with Crippen molar-refractivity contribution in [3.63, 3.8) is 0 Å². The number of hydrogen-bond donors (Lipinski definition) is 2. The highest BCUT2D eigenvalue weighted by Gasteiger charge is 2.25. The van der Waals surface area contributed by atoms with Crippen LogP contribution in [0.15, 0.2) is 41.4 Å². The van der Waals surface area contributed by atoms with Crippen molar-refractivity contribution in [1.29, 1.82) is 0 Å². The number of anilines is 3. The lowest BCUT2D eigenvalue weighted by Gasteiger charge is -2.24. The summed E-state index contributed by atoms with van der Waals surface area (Å²) in [6.45, 7) is 10.9. The van der Waals surface area contributed by atoms with Crippen LogP contribution in [0.1, 0.15) is 52.5 Å². The summed E-state index contributed by atoms with van der Waals surface area (Å²) in [4.78, 5) is 31.1. The van der Waals surface area contributed by atoms with Crippen LogP contribution in [-0.4, -0.2) is 35.4 Å². The van der Waals surface area contributed by atoms with Gasteiger partial charge in [-0.3, -0.25) is 10.2 Å². The monoisotopic (exact) mass is 458 g/mol. The van der Waals surface area contributed by atoms with Gasteiger partial charge in [-0.05, 0) is 65.8 Å². The molecule has 1 unspecified atom stereocenters. The number of aromatic nitrogens is 1. The first-order valence-electron chi connectivity index (χ1n) is 10.3. The van der Waals surface area contributed by atoms with Crippen molar-refractivity contribution in [3.8, 4) is 0 Å². The van der Waals surface area contributed by atoms with Crippen LogP contribution in [0.3, 0.4) is 0 Å². The molecule has 1 aromatic heterocycles. The molecule has 0 aliphatic carbocycles. The Kier molecular flexibility index (Phi) is 6.59. The second-order valence-electron chi connectivity index (χ2n) is 9.47. The summed E-state index contributed by atoms with van der Waals surface area (Å²) in [6.07, 6.45) is 0.800. The molecule has 3 rings (SSSR count). The third-order valence-corrected chi connectivity index (χ3v) is 5.46. The molecule has 9 heteroatoms. The molecule has 0 radical (unpaired) electrons. The van der Waals surface area contributed by atoms with Gasteiger partial charge in [-0.2, -0.15) is 0 Å². The largest absolute Gasteiger partial charge is 0.444 e. The number of nitrogens with one attached hydrogen (secondary N) is 2. The molecule has 2 heterocycles. The quantitative estimate of drug-likeness (QED) is 0.581. The fraction of sp³-hybridized carbons (Fsp3) is 0.435. The van der Waals surface area contributed by atoms with Crippen LogP contribution in [0.5, 0.6) is 0 Å². The summed E-state index contributed by atoms with van der Waals surface area (Å²) in [5.41, 5.74) is 1.48. The number of amides is 2. The molecule has 1 aliphatic heterocycles. The van der Waals surface area contributed by atoms with Crippen molar-refractivity contribution in [2.45, 2.75) is 63.0 Å². The molecular formula is C23H30N4O4S. The molecule has 1 aromatic carbocycles. The highest BCUT2D eigenvalue weighted by atomic mass is 32.2. The number of pyridine rings is 1. The molecule has 2 aromatic rings. The molecular weight excluding hydrogens is 428 g/mol. The fourth-order valence-corrected chi connectivity index (χ4v) is 4.03. The van der Waals surface area contributed by atoms with Gasteiger partial charge in [0.25, 0.3) is 0 Å². The number of hydrogen-bond acceptors (Lipinski definition) is 7. The Morgan fingerprint density at radius 2 is 1.75 bits per heavy atom. The highest BCUT2D eigenvalue weighted by Crippen LogP contribution is 2.47. The van der Waals surface area contributed by atoms with Gasteiger partial charge >= 0.3 is 12.2 Å². The first kappa shape index (κ1) is 23.7. The number of nitrogens with zero attached hydrogens (tertiary/aromatic N) is 2. The maximum absolute atomic E-state index is 12.2. The summed E-state index contributed by atoms with van der Waals surface area (Å²) < 4.78 is 10.7. The molecule has 0 saturated heterocycles. The molecule has 0 saturated carbocycles. The van der Waals surface area contributed by atoms with Gasteiger partial charge < -0.3 is 14.8 Å². The van der Waals surface area contributed by atoms with Gasteiger partial charge in [-0.25, -0.2) is 14.6 Å². The first-order chi connectivity index (χ1) is 14.8. The van der Waals surface area contributed by atoms with E-state index in [4.69, 9.17) is 9.47 Å². The molecule has 0 fully saturated rings. The zero-order valence-corrected chi connectivity index (χ0v) is 20.3. The van der Waals surface area contributed by atoms with Gasteiger partial charge in [0.1, 0.15) is 22.4 Å². The Bertz CT molecular complexity index is 997. The summed E-state index contributed by atoms with van der Waals surface area (Å²) in [5, 5.41) is 6.18.